The van der Waals surface area contributed by atoms with Gasteiger partial charge in [-0.25, -0.2) is 0 Å². The zero-order valence-corrected chi connectivity index (χ0v) is 8.41. The maximum Gasteiger partial charge on any atom is 0.0701 e. The van der Waals surface area contributed by atoms with Gasteiger partial charge in [0.25, 0.3) is 0 Å². The van der Waals surface area contributed by atoms with Gasteiger partial charge in [-0.05, 0) is 19.8 Å². The lowest BCUT2D eigenvalue weighted by Crippen LogP contribution is -2.27. The number of hydrogen-bond acceptors (Lipinski definition) is 2. The quantitative estimate of drug-likeness (QED) is 0.678. The molecule has 1 saturated carbocycles. The van der Waals surface area contributed by atoms with Crippen LogP contribution in [0.5, 0.6) is 0 Å². The number of aliphatic hydroxyl groups excluding tert-OH is 1. The first-order valence-electron chi connectivity index (χ1n) is 5.23. The molecule has 0 radical (unpaired) electrons. The van der Waals surface area contributed by atoms with Gasteiger partial charge in [0, 0.05) is 5.92 Å². The molecule has 0 aromatic heterocycles. The van der Waals surface area contributed by atoms with Crippen molar-refractivity contribution in [2.45, 2.75) is 38.7 Å². The Labute approximate surface area is 80.6 Å². The second-order valence-electron chi connectivity index (χ2n) is 3.61. The van der Waals surface area contributed by atoms with Crippen LogP contribution < -0.4 is 0 Å². The van der Waals surface area contributed by atoms with Gasteiger partial charge in [-0.15, -0.1) is 0 Å². The van der Waals surface area contributed by atoms with Gasteiger partial charge in [-0.3, -0.25) is 0 Å². The summed E-state index contributed by atoms with van der Waals surface area (Å²) in [5.74, 6) is 0.574. The molecule has 2 unspecified atom stereocenters. The molecule has 1 N–H and O–H groups in total. The molecule has 0 bridgehead atoms. The van der Waals surface area contributed by atoms with E-state index in [1.807, 2.05) is 0 Å². The molecule has 2 nitrogen and oxygen atoms in total. The molecular weight excluding hydrogens is 164 g/mol. The molecule has 0 heterocycles. The van der Waals surface area contributed by atoms with E-state index in [1.165, 1.54) is 19.3 Å². The average Bonchev–Trinajstić information content (AvgIpc) is 2.17. The molecule has 1 fully saturated rings. The van der Waals surface area contributed by atoms with Gasteiger partial charge in [-0.1, -0.05) is 25.0 Å². The minimum Gasteiger partial charge on any atom is -0.394 e. The average molecular weight is 184 g/mol. The Hall–Kier alpha value is -0.340. The smallest absolute Gasteiger partial charge is 0.0701 e. The normalized spacial score (nSPS) is 29.7. The van der Waals surface area contributed by atoms with Crippen LogP contribution in [0.2, 0.25) is 0 Å². The molecule has 0 aromatic carbocycles. The summed E-state index contributed by atoms with van der Waals surface area (Å²) in [4.78, 5) is 0. The minimum atomic E-state index is 0.138. The predicted octanol–water partition coefficient (Wildman–Crippen LogP) is 2.13. The van der Waals surface area contributed by atoms with Crippen LogP contribution in [0, 0.1) is 5.92 Å². The number of allylic oxidation sites excluding steroid dienone is 1. The maximum absolute atomic E-state index is 8.67. The van der Waals surface area contributed by atoms with E-state index in [0.29, 0.717) is 18.6 Å². The Morgan fingerprint density at radius 1 is 1.38 bits per heavy atom. The molecule has 0 spiro atoms. The standard InChI is InChI=1S/C11H20O2/c1-2-5-10-6-3-4-7-11(10)13-9-8-12/h2,5,10-12H,3-4,6-9H2,1H3/b5-2+. The van der Waals surface area contributed by atoms with Crippen molar-refractivity contribution in [3.63, 3.8) is 0 Å². The van der Waals surface area contributed by atoms with Gasteiger partial charge in [-0.2, -0.15) is 0 Å². The van der Waals surface area contributed by atoms with Crippen molar-refractivity contribution in [2.75, 3.05) is 13.2 Å². The summed E-state index contributed by atoms with van der Waals surface area (Å²) in [5.41, 5.74) is 0. The molecule has 1 aliphatic rings. The fourth-order valence-corrected chi connectivity index (χ4v) is 2.00. The van der Waals surface area contributed by atoms with Crippen LogP contribution in [0.15, 0.2) is 12.2 Å². The third kappa shape index (κ3) is 3.49. The third-order valence-electron chi connectivity index (χ3n) is 2.62. The van der Waals surface area contributed by atoms with Gasteiger partial charge in [0.2, 0.25) is 0 Å². The van der Waals surface area contributed by atoms with Crippen molar-refractivity contribution < 1.29 is 9.84 Å². The highest BCUT2D eigenvalue weighted by atomic mass is 16.5. The Morgan fingerprint density at radius 3 is 2.85 bits per heavy atom. The lowest BCUT2D eigenvalue weighted by molar-refractivity contribution is -0.0122. The van der Waals surface area contributed by atoms with Crippen molar-refractivity contribution in [1.29, 1.82) is 0 Å². The first-order valence-corrected chi connectivity index (χ1v) is 5.23. The van der Waals surface area contributed by atoms with E-state index in [-0.39, 0.29) is 6.61 Å². The summed E-state index contributed by atoms with van der Waals surface area (Å²) in [7, 11) is 0. The van der Waals surface area contributed by atoms with Crippen LogP contribution in [-0.2, 0) is 4.74 Å². The molecule has 76 valence electrons. The van der Waals surface area contributed by atoms with E-state index >= 15 is 0 Å². The number of ether oxygens (including phenoxy) is 1. The van der Waals surface area contributed by atoms with Crippen LogP contribution in [0.1, 0.15) is 32.6 Å². The van der Waals surface area contributed by atoms with Gasteiger partial charge in [0.15, 0.2) is 0 Å². The second-order valence-corrected chi connectivity index (χ2v) is 3.61. The zero-order valence-electron chi connectivity index (χ0n) is 8.41. The zero-order chi connectivity index (χ0) is 9.52. The molecule has 13 heavy (non-hydrogen) atoms. The SMILES string of the molecule is C/C=C/C1CCCCC1OCCO. The van der Waals surface area contributed by atoms with E-state index < -0.39 is 0 Å². The van der Waals surface area contributed by atoms with Crippen LogP contribution in [-0.4, -0.2) is 24.4 Å². The lowest BCUT2D eigenvalue weighted by atomic mass is 9.86. The maximum atomic E-state index is 8.67. The molecule has 1 rings (SSSR count). The Bertz CT molecular complexity index is 154. The van der Waals surface area contributed by atoms with Crippen LogP contribution in [0.25, 0.3) is 0 Å². The van der Waals surface area contributed by atoms with Crippen molar-refractivity contribution >= 4 is 0 Å². The highest BCUT2D eigenvalue weighted by Gasteiger charge is 2.22. The monoisotopic (exact) mass is 184 g/mol. The van der Waals surface area contributed by atoms with Gasteiger partial charge in [0.05, 0.1) is 19.3 Å². The Balaban J connectivity index is 2.36. The minimum absolute atomic E-state index is 0.138. The number of hydrogen-bond donors (Lipinski definition) is 1. The molecular formula is C11H20O2. The molecule has 0 aromatic rings. The van der Waals surface area contributed by atoms with E-state index in [4.69, 9.17) is 9.84 Å². The summed E-state index contributed by atoms with van der Waals surface area (Å²) in [6, 6.07) is 0. The van der Waals surface area contributed by atoms with E-state index in [9.17, 15) is 0 Å². The number of rotatable bonds is 4. The van der Waals surface area contributed by atoms with Gasteiger partial charge in [0.1, 0.15) is 0 Å². The topological polar surface area (TPSA) is 29.5 Å². The van der Waals surface area contributed by atoms with E-state index in [2.05, 4.69) is 19.1 Å². The predicted molar refractivity (Wildman–Crippen MR) is 53.6 cm³/mol. The van der Waals surface area contributed by atoms with Crippen molar-refractivity contribution in [2.24, 2.45) is 5.92 Å². The molecule has 1 aliphatic carbocycles. The summed E-state index contributed by atoms with van der Waals surface area (Å²) in [6.45, 7) is 2.68. The molecule has 0 saturated heterocycles. The second kappa shape index (κ2) is 6.17. The van der Waals surface area contributed by atoms with Crippen LogP contribution >= 0.6 is 0 Å². The molecule has 0 amide bonds. The summed E-state index contributed by atoms with van der Waals surface area (Å²) < 4.78 is 5.60. The largest absolute Gasteiger partial charge is 0.394 e. The van der Waals surface area contributed by atoms with Crippen molar-refractivity contribution in [3.05, 3.63) is 12.2 Å². The van der Waals surface area contributed by atoms with E-state index in [0.717, 1.165) is 6.42 Å². The summed E-state index contributed by atoms with van der Waals surface area (Å²) >= 11 is 0. The Kier molecular flexibility index (Phi) is 5.09. The molecule has 0 aliphatic heterocycles. The van der Waals surface area contributed by atoms with Gasteiger partial charge >= 0.3 is 0 Å². The molecule has 2 atom stereocenters. The van der Waals surface area contributed by atoms with Crippen LogP contribution in [0.4, 0.5) is 0 Å². The highest BCUT2D eigenvalue weighted by molar-refractivity contribution is 4.92. The summed E-state index contributed by atoms with van der Waals surface area (Å²) in [5, 5.41) is 8.67. The van der Waals surface area contributed by atoms with Crippen molar-refractivity contribution in [3.8, 4) is 0 Å². The van der Waals surface area contributed by atoms with Gasteiger partial charge < -0.3 is 9.84 Å². The van der Waals surface area contributed by atoms with Crippen LogP contribution in [0.3, 0.4) is 0 Å². The fraction of sp³-hybridized carbons (Fsp3) is 0.818. The summed E-state index contributed by atoms with van der Waals surface area (Å²) in [6.07, 6.45) is 9.65. The third-order valence-corrected chi connectivity index (χ3v) is 2.62. The lowest BCUT2D eigenvalue weighted by Gasteiger charge is -2.29. The first-order chi connectivity index (χ1) is 6.38. The highest BCUT2D eigenvalue weighted by Crippen LogP contribution is 2.27. The first kappa shape index (κ1) is 10.7. The van der Waals surface area contributed by atoms with E-state index in [1.54, 1.807) is 0 Å². The number of aliphatic hydroxyl groups is 1. The fourth-order valence-electron chi connectivity index (χ4n) is 2.00. The molecule has 2 heteroatoms. The van der Waals surface area contributed by atoms with Crippen molar-refractivity contribution in [1.82, 2.24) is 0 Å². The Morgan fingerprint density at radius 2 is 2.15 bits per heavy atom.